The van der Waals surface area contributed by atoms with Gasteiger partial charge in [0.25, 0.3) is 5.89 Å². The van der Waals surface area contributed by atoms with Gasteiger partial charge in [0.05, 0.1) is 16.9 Å². The minimum Gasteiger partial charge on any atom is -0.332 e. The van der Waals surface area contributed by atoms with E-state index in [9.17, 15) is 0 Å². The normalized spacial score (nSPS) is 15.5. The van der Waals surface area contributed by atoms with Gasteiger partial charge in [0.1, 0.15) is 0 Å². The van der Waals surface area contributed by atoms with E-state index in [0.717, 1.165) is 30.6 Å². The van der Waals surface area contributed by atoms with Gasteiger partial charge in [-0.05, 0) is 43.9 Å². The van der Waals surface area contributed by atoms with Crippen LogP contribution in [-0.4, -0.2) is 25.1 Å². The summed E-state index contributed by atoms with van der Waals surface area (Å²) in [6.07, 6.45) is 3.55. The molecule has 0 atom stereocenters. The molecule has 25 heavy (non-hydrogen) atoms. The number of halogens is 2. The van der Waals surface area contributed by atoms with E-state index in [2.05, 4.69) is 20.5 Å². The molecule has 2 heterocycles. The van der Waals surface area contributed by atoms with E-state index in [0.29, 0.717) is 28.9 Å². The van der Waals surface area contributed by atoms with Gasteiger partial charge in [-0.3, -0.25) is 0 Å². The quantitative estimate of drug-likeness (QED) is 0.745. The predicted molar refractivity (Wildman–Crippen MR) is 96.0 cm³/mol. The molecule has 0 amide bonds. The number of nitrogens with zero attached hydrogens (tertiary/aromatic N) is 5. The lowest BCUT2D eigenvalue weighted by Crippen LogP contribution is -2.44. The Balaban J connectivity index is 0.00000182. The molecule has 132 valence electrons. The Morgan fingerprint density at radius 3 is 2.80 bits per heavy atom. The topological polar surface area (TPSA) is 95.7 Å². The Labute approximate surface area is 156 Å². The van der Waals surface area contributed by atoms with Crippen LogP contribution < -0.4 is 5.73 Å². The molecule has 7 nitrogen and oxygen atoms in total. The third kappa shape index (κ3) is 3.03. The molecular formula is C16H18Cl2N6O. The van der Waals surface area contributed by atoms with Crippen LogP contribution in [0.15, 0.2) is 28.8 Å². The van der Waals surface area contributed by atoms with Gasteiger partial charge in [0.15, 0.2) is 11.5 Å². The van der Waals surface area contributed by atoms with Crippen LogP contribution >= 0.6 is 24.0 Å². The van der Waals surface area contributed by atoms with E-state index >= 15 is 0 Å². The molecule has 1 saturated carbocycles. The molecule has 0 radical (unpaired) electrons. The molecule has 1 aliphatic carbocycles. The number of benzene rings is 1. The molecule has 0 unspecified atom stereocenters. The zero-order valence-corrected chi connectivity index (χ0v) is 15.2. The van der Waals surface area contributed by atoms with Crippen LogP contribution in [0.5, 0.6) is 0 Å². The minimum atomic E-state index is -0.461. The summed E-state index contributed by atoms with van der Waals surface area (Å²) in [4.78, 5) is 4.46. The van der Waals surface area contributed by atoms with Crippen LogP contribution in [0.2, 0.25) is 5.02 Å². The maximum atomic E-state index is 6.26. The zero-order chi connectivity index (χ0) is 16.7. The summed E-state index contributed by atoms with van der Waals surface area (Å²) in [5, 5.41) is 13.2. The first-order valence-electron chi connectivity index (χ1n) is 7.95. The molecule has 1 fully saturated rings. The highest BCUT2D eigenvalue weighted by atomic mass is 35.5. The van der Waals surface area contributed by atoms with Crippen molar-refractivity contribution in [1.29, 1.82) is 0 Å². The zero-order valence-electron chi connectivity index (χ0n) is 13.6. The summed E-state index contributed by atoms with van der Waals surface area (Å²) < 4.78 is 7.15. The highest BCUT2D eigenvalue weighted by Crippen LogP contribution is 2.37. The summed E-state index contributed by atoms with van der Waals surface area (Å²) in [5.74, 6) is 0.898. The highest BCUT2D eigenvalue weighted by Gasteiger charge is 2.39. The summed E-state index contributed by atoms with van der Waals surface area (Å²) >= 11 is 6.07. The van der Waals surface area contributed by atoms with Gasteiger partial charge in [-0.15, -0.1) is 17.5 Å². The molecule has 0 bridgehead atoms. The van der Waals surface area contributed by atoms with E-state index in [1.165, 1.54) is 0 Å². The van der Waals surface area contributed by atoms with Crippen LogP contribution in [0.25, 0.3) is 17.3 Å². The van der Waals surface area contributed by atoms with E-state index < -0.39 is 5.54 Å². The Morgan fingerprint density at radius 1 is 1.36 bits per heavy atom. The number of hydrogen-bond donors (Lipinski definition) is 1. The van der Waals surface area contributed by atoms with Crippen LogP contribution in [-0.2, 0) is 12.0 Å². The van der Waals surface area contributed by atoms with Crippen LogP contribution in [0.1, 0.15) is 37.7 Å². The van der Waals surface area contributed by atoms with Crippen molar-refractivity contribution in [2.45, 2.75) is 38.1 Å². The number of nitrogens with two attached hydrogens (primary N) is 1. The maximum absolute atomic E-state index is 6.26. The average Bonchev–Trinajstić information content (AvgIpc) is 3.19. The molecule has 0 spiro atoms. The minimum absolute atomic E-state index is 0. The summed E-state index contributed by atoms with van der Waals surface area (Å²) in [7, 11) is 0. The van der Waals surface area contributed by atoms with Gasteiger partial charge in [-0.2, -0.15) is 4.98 Å². The number of aromatic nitrogens is 5. The lowest BCUT2D eigenvalue weighted by atomic mass is 9.77. The van der Waals surface area contributed by atoms with Gasteiger partial charge in [0.2, 0.25) is 0 Å². The summed E-state index contributed by atoms with van der Waals surface area (Å²) in [6, 6.07) is 7.45. The maximum Gasteiger partial charge on any atom is 0.280 e. The monoisotopic (exact) mass is 380 g/mol. The molecule has 1 aliphatic rings. The highest BCUT2D eigenvalue weighted by molar-refractivity contribution is 6.30. The van der Waals surface area contributed by atoms with Crippen molar-refractivity contribution in [3.8, 4) is 17.3 Å². The van der Waals surface area contributed by atoms with Crippen LogP contribution in [0.4, 0.5) is 0 Å². The molecule has 2 N–H and O–H groups in total. The SMILES string of the molecule is CCc1c(-c2nc(C3(N)CCC3)no2)nnn1-c1cccc(Cl)c1.Cl. The summed E-state index contributed by atoms with van der Waals surface area (Å²) in [6.45, 7) is 2.02. The van der Waals surface area contributed by atoms with Crippen molar-refractivity contribution >= 4 is 24.0 Å². The first-order chi connectivity index (χ1) is 11.6. The van der Waals surface area contributed by atoms with Crippen LogP contribution in [0, 0.1) is 0 Å². The molecule has 4 rings (SSSR count). The van der Waals surface area contributed by atoms with Crippen molar-refractivity contribution in [3.05, 3.63) is 40.8 Å². The van der Waals surface area contributed by atoms with E-state index in [4.69, 9.17) is 21.9 Å². The Bertz CT molecular complexity index is 886. The van der Waals surface area contributed by atoms with Gasteiger partial charge in [0, 0.05) is 5.02 Å². The van der Waals surface area contributed by atoms with Gasteiger partial charge in [-0.1, -0.05) is 35.0 Å². The molecule has 1 aromatic carbocycles. The van der Waals surface area contributed by atoms with Crippen molar-refractivity contribution in [3.63, 3.8) is 0 Å². The lowest BCUT2D eigenvalue weighted by molar-refractivity contribution is 0.229. The van der Waals surface area contributed by atoms with Crippen molar-refractivity contribution in [1.82, 2.24) is 25.1 Å². The standard InChI is InChI=1S/C16H17ClN6O.ClH/c1-2-12-13(14-19-15(21-24-14)16(18)7-4-8-16)20-22-23(12)11-6-3-5-10(17)9-11;/h3,5-6,9H,2,4,7-8,18H2,1H3;1H. The lowest BCUT2D eigenvalue weighted by Gasteiger charge is -2.34. The molecule has 3 aromatic rings. The molecule has 0 saturated heterocycles. The van der Waals surface area contributed by atoms with E-state index in [1.807, 2.05) is 31.2 Å². The third-order valence-electron chi connectivity index (χ3n) is 4.47. The van der Waals surface area contributed by atoms with Gasteiger partial charge < -0.3 is 10.3 Å². The fourth-order valence-corrected chi connectivity index (χ4v) is 3.09. The number of rotatable bonds is 4. The first-order valence-corrected chi connectivity index (χ1v) is 8.32. The second-order valence-electron chi connectivity index (χ2n) is 6.06. The van der Waals surface area contributed by atoms with Crippen molar-refractivity contribution in [2.75, 3.05) is 0 Å². The van der Waals surface area contributed by atoms with Gasteiger partial charge in [-0.25, -0.2) is 4.68 Å². The largest absolute Gasteiger partial charge is 0.332 e. The molecule has 9 heteroatoms. The Morgan fingerprint density at radius 2 is 2.16 bits per heavy atom. The second kappa shape index (κ2) is 6.74. The first kappa shape index (κ1) is 17.8. The Kier molecular flexibility index (Phi) is 4.81. The molecule has 2 aromatic heterocycles. The van der Waals surface area contributed by atoms with Gasteiger partial charge >= 0.3 is 0 Å². The fourth-order valence-electron chi connectivity index (χ4n) is 2.90. The average molecular weight is 381 g/mol. The van der Waals surface area contributed by atoms with E-state index in [1.54, 1.807) is 4.68 Å². The smallest absolute Gasteiger partial charge is 0.280 e. The summed E-state index contributed by atoms with van der Waals surface area (Å²) in [5.41, 5.74) is 8.10. The van der Waals surface area contributed by atoms with Crippen molar-refractivity contribution < 1.29 is 4.52 Å². The van der Waals surface area contributed by atoms with Crippen LogP contribution in [0.3, 0.4) is 0 Å². The number of hydrogen-bond acceptors (Lipinski definition) is 6. The molecular weight excluding hydrogens is 363 g/mol. The second-order valence-corrected chi connectivity index (χ2v) is 6.50. The third-order valence-corrected chi connectivity index (χ3v) is 4.71. The predicted octanol–water partition coefficient (Wildman–Crippen LogP) is 3.29. The Hall–Kier alpha value is -1.96. The van der Waals surface area contributed by atoms with E-state index in [-0.39, 0.29) is 12.4 Å². The molecule has 0 aliphatic heterocycles. The van der Waals surface area contributed by atoms with Crippen molar-refractivity contribution in [2.24, 2.45) is 5.73 Å². The fraction of sp³-hybridized carbons (Fsp3) is 0.375.